The summed E-state index contributed by atoms with van der Waals surface area (Å²) < 4.78 is 19.9. The van der Waals surface area contributed by atoms with Crippen molar-refractivity contribution in [1.29, 1.82) is 0 Å². The van der Waals surface area contributed by atoms with Gasteiger partial charge in [-0.2, -0.15) is 5.10 Å². The number of rotatable bonds is 6. The molecule has 0 saturated carbocycles. The van der Waals surface area contributed by atoms with Crippen molar-refractivity contribution in [2.75, 3.05) is 5.32 Å². The van der Waals surface area contributed by atoms with Crippen molar-refractivity contribution < 1.29 is 9.18 Å². The molecule has 0 saturated heterocycles. The van der Waals surface area contributed by atoms with Gasteiger partial charge in [0.05, 0.1) is 30.7 Å². The number of nitrogens with one attached hydrogen (secondary N) is 1. The molecule has 0 bridgehead atoms. The minimum Gasteiger partial charge on any atom is -0.332 e. The predicted molar refractivity (Wildman–Crippen MR) is 132 cm³/mol. The van der Waals surface area contributed by atoms with E-state index in [0.29, 0.717) is 23.5 Å². The molecular formula is C27H21FN6O. The zero-order valence-corrected chi connectivity index (χ0v) is 18.7. The third kappa shape index (κ3) is 4.06. The Morgan fingerprint density at radius 3 is 2.66 bits per heavy atom. The maximum atomic E-state index is 14.4. The number of imidazole rings is 1. The summed E-state index contributed by atoms with van der Waals surface area (Å²) in [6.07, 6.45) is 7.28. The Labute approximate surface area is 200 Å². The summed E-state index contributed by atoms with van der Waals surface area (Å²) >= 11 is 0. The van der Waals surface area contributed by atoms with Gasteiger partial charge < -0.3 is 14.3 Å². The molecule has 6 aromatic rings. The summed E-state index contributed by atoms with van der Waals surface area (Å²) in [5.74, 6) is -0.588. The molecule has 0 aliphatic rings. The number of hydrogen-bond acceptors (Lipinski definition) is 3. The molecule has 8 heteroatoms. The van der Waals surface area contributed by atoms with Crippen LogP contribution in [0.1, 0.15) is 21.7 Å². The largest absolute Gasteiger partial charge is 0.332 e. The number of halogens is 1. The SMILES string of the molecule is O=C(Nc1cnn(Cc2cn3ccccc3n2)c1)c1cc2ccccc2n1Cc1ccccc1F. The molecule has 4 heterocycles. The van der Waals surface area contributed by atoms with E-state index in [1.54, 1.807) is 35.3 Å². The number of para-hydroxylation sites is 1. The Morgan fingerprint density at radius 1 is 0.943 bits per heavy atom. The summed E-state index contributed by atoms with van der Waals surface area (Å²) in [6.45, 7) is 0.723. The lowest BCUT2D eigenvalue weighted by Gasteiger charge is -2.11. The van der Waals surface area contributed by atoms with E-state index in [0.717, 1.165) is 22.2 Å². The molecule has 0 aliphatic heterocycles. The molecule has 2 aromatic carbocycles. The molecular weight excluding hydrogens is 443 g/mol. The normalized spacial score (nSPS) is 11.3. The molecule has 6 rings (SSSR count). The van der Waals surface area contributed by atoms with Crippen molar-refractivity contribution >= 4 is 28.1 Å². The maximum absolute atomic E-state index is 14.4. The summed E-state index contributed by atoms with van der Waals surface area (Å²) in [5, 5.41) is 8.21. The maximum Gasteiger partial charge on any atom is 0.272 e. The summed E-state index contributed by atoms with van der Waals surface area (Å²) in [5.41, 5.74) is 4.13. The highest BCUT2D eigenvalue weighted by molar-refractivity contribution is 6.06. The number of fused-ring (bicyclic) bond motifs is 2. The van der Waals surface area contributed by atoms with E-state index in [1.807, 2.05) is 69.9 Å². The van der Waals surface area contributed by atoms with E-state index >= 15 is 0 Å². The van der Waals surface area contributed by atoms with Gasteiger partial charge in [0.15, 0.2) is 0 Å². The van der Waals surface area contributed by atoms with E-state index in [4.69, 9.17) is 0 Å². The predicted octanol–water partition coefficient (Wildman–Crippen LogP) is 4.97. The van der Waals surface area contributed by atoms with Crippen LogP contribution in [0, 0.1) is 5.82 Å². The first-order valence-electron chi connectivity index (χ1n) is 11.2. The van der Waals surface area contributed by atoms with Crippen molar-refractivity contribution in [3.8, 4) is 0 Å². The third-order valence-electron chi connectivity index (χ3n) is 5.96. The van der Waals surface area contributed by atoms with Crippen LogP contribution in [0.4, 0.5) is 10.1 Å². The van der Waals surface area contributed by atoms with Crippen molar-refractivity contribution in [3.63, 3.8) is 0 Å². The second-order valence-electron chi connectivity index (χ2n) is 8.35. The molecule has 4 aromatic heterocycles. The number of carbonyl (C=O) groups is 1. The fourth-order valence-electron chi connectivity index (χ4n) is 4.30. The first kappa shape index (κ1) is 20.9. The van der Waals surface area contributed by atoms with Crippen LogP contribution in [0.15, 0.2) is 97.6 Å². The van der Waals surface area contributed by atoms with Gasteiger partial charge in [-0.05, 0) is 30.3 Å². The van der Waals surface area contributed by atoms with Gasteiger partial charge in [-0.25, -0.2) is 9.37 Å². The summed E-state index contributed by atoms with van der Waals surface area (Å²) in [7, 11) is 0. The lowest BCUT2D eigenvalue weighted by Crippen LogP contribution is -2.17. The molecule has 0 aliphatic carbocycles. The quantitative estimate of drug-likeness (QED) is 0.378. The minimum atomic E-state index is -0.301. The van der Waals surface area contributed by atoms with E-state index < -0.39 is 0 Å². The fourth-order valence-corrected chi connectivity index (χ4v) is 4.30. The van der Waals surface area contributed by atoms with Crippen LogP contribution in [0.25, 0.3) is 16.6 Å². The molecule has 0 fully saturated rings. The highest BCUT2D eigenvalue weighted by atomic mass is 19.1. The van der Waals surface area contributed by atoms with Crippen LogP contribution in [0.5, 0.6) is 0 Å². The molecule has 0 spiro atoms. The molecule has 1 N–H and O–H groups in total. The Balaban J connectivity index is 1.25. The van der Waals surface area contributed by atoms with Crippen molar-refractivity contribution in [3.05, 3.63) is 120 Å². The highest BCUT2D eigenvalue weighted by Gasteiger charge is 2.18. The van der Waals surface area contributed by atoms with Crippen molar-refractivity contribution in [2.45, 2.75) is 13.1 Å². The zero-order chi connectivity index (χ0) is 23.8. The Morgan fingerprint density at radius 2 is 1.77 bits per heavy atom. The Kier molecular flexibility index (Phi) is 5.11. The Bertz CT molecular complexity index is 1640. The fraction of sp³-hybridized carbons (Fsp3) is 0.0741. The molecule has 0 unspecified atom stereocenters. The monoisotopic (exact) mass is 464 g/mol. The van der Waals surface area contributed by atoms with Crippen molar-refractivity contribution in [1.82, 2.24) is 23.7 Å². The average molecular weight is 465 g/mol. The van der Waals surface area contributed by atoms with Gasteiger partial charge in [-0.1, -0.05) is 42.5 Å². The second kappa shape index (κ2) is 8.57. The smallest absolute Gasteiger partial charge is 0.272 e. The topological polar surface area (TPSA) is 69.2 Å². The van der Waals surface area contributed by atoms with Crippen LogP contribution in [0.2, 0.25) is 0 Å². The van der Waals surface area contributed by atoms with Crippen LogP contribution < -0.4 is 5.32 Å². The van der Waals surface area contributed by atoms with Gasteiger partial charge in [0.2, 0.25) is 0 Å². The Hall–Kier alpha value is -4.72. The average Bonchev–Trinajstić information content (AvgIpc) is 3.57. The number of aromatic nitrogens is 5. The number of nitrogens with zero attached hydrogens (tertiary/aromatic N) is 5. The van der Waals surface area contributed by atoms with Gasteiger partial charge in [-0.3, -0.25) is 9.48 Å². The van der Waals surface area contributed by atoms with Gasteiger partial charge in [0.1, 0.15) is 17.2 Å². The summed E-state index contributed by atoms with van der Waals surface area (Å²) in [6, 6.07) is 22.0. The number of hydrogen-bond donors (Lipinski definition) is 1. The minimum absolute atomic E-state index is 0.246. The van der Waals surface area contributed by atoms with E-state index in [2.05, 4.69) is 15.4 Å². The molecule has 35 heavy (non-hydrogen) atoms. The zero-order valence-electron chi connectivity index (χ0n) is 18.7. The third-order valence-corrected chi connectivity index (χ3v) is 5.96. The number of anilines is 1. The van der Waals surface area contributed by atoms with Gasteiger partial charge in [0.25, 0.3) is 5.91 Å². The number of amides is 1. The summed E-state index contributed by atoms with van der Waals surface area (Å²) in [4.78, 5) is 17.9. The first-order valence-corrected chi connectivity index (χ1v) is 11.2. The number of pyridine rings is 1. The molecule has 0 atom stereocenters. The van der Waals surface area contributed by atoms with Gasteiger partial charge >= 0.3 is 0 Å². The standard InChI is InChI=1S/C27H21FN6O/c28-23-9-3-1-8-20(23)15-34-24-10-4-2-7-19(24)13-25(34)27(35)31-21-14-29-33(17-21)18-22-16-32-12-6-5-11-26(32)30-22/h1-14,16-17H,15,18H2,(H,31,35). The van der Waals surface area contributed by atoms with Crippen LogP contribution in [-0.2, 0) is 13.1 Å². The lowest BCUT2D eigenvalue weighted by atomic mass is 10.2. The number of benzene rings is 2. The van der Waals surface area contributed by atoms with Gasteiger partial charge in [0, 0.05) is 35.1 Å². The second-order valence-corrected chi connectivity index (χ2v) is 8.35. The van der Waals surface area contributed by atoms with Crippen LogP contribution in [0.3, 0.4) is 0 Å². The van der Waals surface area contributed by atoms with Crippen molar-refractivity contribution in [2.24, 2.45) is 0 Å². The van der Waals surface area contributed by atoms with Crippen LogP contribution >= 0.6 is 0 Å². The molecule has 7 nitrogen and oxygen atoms in total. The first-order chi connectivity index (χ1) is 17.1. The van der Waals surface area contributed by atoms with E-state index in [9.17, 15) is 9.18 Å². The molecule has 0 radical (unpaired) electrons. The molecule has 172 valence electrons. The highest BCUT2D eigenvalue weighted by Crippen LogP contribution is 2.23. The van der Waals surface area contributed by atoms with Crippen LogP contribution in [-0.4, -0.2) is 29.6 Å². The lowest BCUT2D eigenvalue weighted by molar-refractivity contribution is 0.101. The van der Waals surface area contributed by atoms with E-state index in [-0.39, 0.29) is 18.3 Å². The van der Waals surface area contributed by atoms with Gasteiger partial charge in [-0.15, -0.1) is 0 Å². The number of carbonyl (C=O) groups excluding carboxylic acids is 1. The van der Waals surface area contributed by atoms with E-state index in [1.165, 1.54) is 6.07 Å². The molecule has 1 amide bonds.